The molecule has 1 aliphatic carbocycles. The second-order valence-electron chi connectivity index (χ2n) is 8.59. The van der Waals surface area contributed by atoms with Crippen LogP contribution in [-0.2, 0) is 0 Å². The van der Waals surface area contributed by atoms with Gasteiger partial charge in [0.25, 0.3) is 0 Å². The first kappa shape index (κ1) is 17.4. The lowest BCUT2D eigenvalue weighted by Crippen LogP contribution is -2.45. The second kappa shape index (κ2) is 8.09. The first-order valence-electron chi connectivity index (χ1n) is 10.5. The lowest BCUT2D eigenvalue weighted by Gasteiger charge is -2.39. The highest BCUT2D eigenvalue weighted by molar-refractivity contribution is 5.30. The molecule has 0 spiro atoms. The smallest absolute Gasteiger partial charge is 0.115 e. The minimum Gasteiger partial charge on any atom is -0.508 e. The fourth-order valence-corrected chi connectivity index (χ4v) is 5.60. The summed E-state index contributed by atoms with van der Waals surface area (Å²) in [6.07, 6.45) is 12.5. The molecule has 2 heterocycles. The maximum absolute atomic E-state index is 9.78. The maximum Gasteiger partial charge on any atom is 0.115 e. The number of benzene rings is 1. The van der Waals surface area contributed by atoms with Gasteiger partial charge in [-0.15, -0.1) is 0 Å². The van der Waals surface area contributed by atoms with Crippen molar-refractivity contribution in [2.75, 3.05) is 19.6 Å². The molecule has 3 nitrogen and oxygen atoms in total. The molecule has 2 aliphatic heterocycles. The van der Waals surface area contributed by atoms with Gasteiger partial charge in [0.1, 0.15) is 5.75 Å². The molecule has 1 saturated carbocycles. The van der Waals surface area contributed by atoms with Gasteiger partial charge in [-0.2, -0.15) is 0 Å². The van der Waals surface area contributed by atoms with Crippen LogP contribution in [0.5, 0.6) is 5.75 Å². The topological polar surface area (TPSA) is 35.5 Å². The largest absolute Gasteiger partial charge is 0.508 e. The van der Waals surface area contributed by atoms with E-state index in [0.29, 0.717) is 11.7 Å². The number of nitrogens with zero attached hydrogens (tertiary/aromatic N) is 1. The van der Waals surface area contributed by atoms with Gasteiger partial charge in [-0.1, -0.05) is 31.4 Å². The zero-order valence-electron chi connectivity index (χ0n) is 15.5. The first-order valence-corrected chi connectivity index (χ1v) is 10.5. The van der Waals surface area contributed by atoms with Gasteiger partial charge in [-0.25, -0.2) is 0 Å². The van der Waals surface area contributed by atoms with Crippen molar-refractivity contribution in [2.45, 2.75) is 75.8 Å². The molecule has 1 aromatic rings. The molecule has 2 N–H and O–H groups in total. The molecule has 1 aromatic carbocycles. The van der Waals surface area contributed by atoms with Crippen molar-refractivity contribution in [3.05, 3.63) is 29.8 Å². The third kappa shape index (κ3) is 4.20. The molecular formula is C22H34N2O. The van der Waals surface area contributed by atoms with E-state index in [1.807, 2.05) is 12.1 Å². The predicted molar refractivity (Wildman–Crippen MR) is 103 cm³/mol. The van der Waals surface area contributed by atoms with Crippen molar-refractivity contribution in [3.63, 3.8) is 0 Å². The van der Waals surface area contributed by atoms with Crippen LogP contribution in [0.1, 0.15) is 69.3 Å². The Labute approximate surface area is 152 Å². The Hall–Kier alpha value is -1.06. The number of piperidine rings is 1. The summed E-state index contributed by atoms with van der Waals surface area (Å²) in [7, 11) is 0. The van der Waals surface area contributed by atoms with E-state index in [9.17, 15) is 5.11 Å². The van der Waals surface area contributed by atoms with Crippen LogP contribution in [0.25, 0.3) is 0 Å². The number of aromatic hydroxyl groups is 1. The standard InChI is InChI=1S/C22H34N2O/c25-22-8-4-7-18(15-22)19-13-20-9-10-21(14-19)24(20)12-11-23-16-17-5-2-1-3-6-17/h4,7-8,15,17,19-21,23,25H,1-3,5-6,9-14,16H2. The molecule has 0 amide bonds. The summed E-state index contributed by atoms with van der Waals surface area (Å²) in [5.74, 6) is 1.98. The average molecular weight is 343 g/mol. The van der Waals surface area contributed by atoms with Crippen LogP contribution in [0.3, 0.4) is 0 Å². The van der Waals surface area contributed by atoms with E-state index in [1.165, 1.54) is 76.4 Å². The number of hydrogen-bond acceptors (Lipinski definition) is 3. The highest BCUT2D eigenvalue weighted by Crippen LogP contribution is 2.43. The van der Waals surface area contributed by atoms with Gasteiger partial charge in [0, 0.05) is 25.2 Å². The molecule has 138 valence electrons. The lowest BCUT2D eigenvalue weighted by atomic mass is 9.85. The number of rotatable bonds is 6. The Kier molecular flexibility index (Phi) is 5.62. The minimum absolute atomic E-state index is 0.416. The molecule has 3 heteroatoms. The van der Waals surface area contributed by atoms with E-state index in [2.05, 4.69) is 16.3 Å². The van der Waals surface area contributed by atoms with Crippen molar-refractivity contribution in [3.8, 4) is 5.75 Å². The monoisotopic (exact) mass is 342 g/mol. The number of nitrogens with one attached hydrogen (secondary N) is 1. The first-order chi connectivity index (χ1) is 12.3. The maximum atomic E-state index is 9.78. The number of hydrogen-bond donors (Lipinski definition) is 2. The fraction of sp³-hybridized carbons (Fsp3) is 0.727. The molecule has 2 saturated heterocycles. The van der Waals surface area contributed by atoms with E-state index >= 15 is 0 Å². The summed E-state index contributed by atoms with van der Waals surface area (Å²) in [5, 5.41) is 13.5. The van der Waals surface area contributed by atoms with Crippen molar-refractivity contribution >= 4 is 0 Å². The molecule has 3 aliphatic rings. The SMILES string of the molecule is Oc1cccc(C2CC3CCC(C2)N3CCNCC2CCCCC2)c1. The Morgan fingerprint density at radius 2 is 1.76 bits per heavy atom. The van der Waals surface area contributed by atoms with Gasteiger partial charge >= 0.3 is 0 Å². The van der Waals surface area contributed by atoms with Crippen LogP contribution in [-0.4, -0.2) is 41.7 Å². The fourth-order valence-electron chi connectivity index (χ4n) is 5.60. The van der Waals surface area contributed by atoms with Crippen molar-refractivity contribution in [2.24, 2.45) is 5.92 Å². The van der Waals surface area contributed by atoms with Gasteiger partial charge in [-0.3, -0.25) is 4.90 Å². The zero-order valence-corrected chi connectivity index (χ0v) is 15.5. The normalized spacial score (nSPS) is 30.6. The van der Waals surface area contributed by atoms with E-state index in [1.54, 1.807) is 6.07 Å². The third-order valence-electron chi connectivity index (χ3n) is 6.93. The number of phenols is 1. The molecule has 25 heavy (non-hydrogen) atoms. The molecule has 2 atom stereocenters. The van der Waals surface area contributed by atoms with Crippen molar-refractivity contribution in [1.82, 2.24) is 10.2 Å². The zero-order chi connectivity index (χ0) is 17.1. The van der Waals surface area contributed by atoms with Gasteiger partial charge in [0.2, 0.25) is 0 Å². The highest BCUT2D eigenvalue weighted by atomic mass is 16.3. The highest BCUT2D eigenvalue weighted by Gasteiger charge is 2.40. The van der Waals surface area contributed by atoms with Gasteiger partial charge in [0.15, 0.2) is 0 Å². The Balaban J connectivity index is 1.25. The molecule has 0 radical (unpaired) electrons. The average Bonchev–Trinajstić information content (AvgIpc) is 2.87. The van der Waals surface area contributed by atoms with Gasteiger partial charge < -0.3 is 10.4 Å². The third-order valence-corrected chi connectivity index (χ3v) is 6.93. The summed E-state index contributed by atoms with van der Waals surface area (Å²) in [6, 6.07) is 9.46. The quantitative estimate of drug-likeness (QED) is 0.758. The van der Waals surface area contributed by atoms with Crippen LogP contribution >= 0.6 is 0 Å². The molecular weight excluding hydrogens is 308 g/mol. The summed E-state index contributed by atoms with van der Waals surface area (Å²) < 4.78 is 0. The van der Waals surface area contributed by atoms with Crippen LogP contribution in [0.4, 0.5) is 0 Å². The summed E-state index contributed by atoms with van der Waals surface area (Å²) in [4.78, 5) is 2.78. The van der Waals surface area contributed by atoms with Crippen LogP contribution < -0.4 is 5.32 Å². The predicted octanol–water partition coefficient (Wildman–Crippen LogP) is 4.27. The van der Waals surface area contributed by atoms with Crippen LogP contribution in [0.2, 0.25) is 0 Å². The summed E-state index contributed by atoms with van der Waals surface area (Å²) in [6.45, 7) is 3.60. The minimum atomic E-state index is 0.416. The van der Waals surface area contributed by atoms with E-state index in [0.717, 1.165) is 24.5 Å². The van der Waals surface area contributed by atoms with E-state index < -0.39 is 0 Å². The number of phenolic OH excluding ortho intramolecular Hbond substituents is 1. The lowest BCUT2D eigenvalue weighted by molar-refractivity contribution is 0.126. The van der Waals surface area contributed by atoms with Crippen LogP contribution in [0, 0.1) is 5.92 Å². The van der Waals surface area contributed by atoms with E-state index in [-0.39, 0.29) is 0 Å². The second-order valence-corrected chi connectivity index (χ2v) is 8.59. The summed E-state index contributed by atoms with van der Waals surface area (Å²) in [5.41, 5.74) is 1.34. The Morgan fingerprint density at radius 3 is 2.48 bits per heavy atom. The Morgan fingerprint density at radius 1 is 1.00 bits per heavy atom. The number of fused-ring (bicyclic) bond motifs is 2. The molecule has 2 bridgehead atoms. The van der Waals surface area contributed by atoms with Gasteiger partial charge in [0.05, 0.1) is 0 Å². The molecule has 4 rings (SSSR count). The van der Waals surface area contributed by atoms with Crippen molar-refractivity contribution in [1.29, 1.82) is 0 Å². The van der Waals surface area contributed by atoms with Crippen LogP contribution in [0.15, 0.2) is 24.3 Å². The Bertz CT molecular complexity index is 541. The molecule has 0 aromatic heterocycles. The van der Waals surface area contributed by atoms with E-state index in [4.69, 9.17) is 0 Å². The summed E-state index contributed by atoms with van der Waals surface area (Å²) >= 11 is 0. The molecule has 2 unspecified atom stereocenters. The van der Waals surface area contributed by atoms with Crippen molar-refractivity contribution < 1.29 is 5.11 Å². The molecule has 3 fully saturated rings. The van der Waals surface area contributed by atoms with Gasteiger partial charge in [-0.05, 0) is 74.6 Å².